The summed E-state index contributed by atoms with van der Waals surface area (Å²) < 4.78 is 0. The number of carbonyl (C=O) groups excluding carboxylic acids is 1. The summed E-state index contributed by atoms with van der Waals surface area (Å²) in [6, 6.07) is 0. The van der Waals surface area contributed by atoms with Crippen molar-refractivity contribution in [1.29, 1.82) is 0 Å². The Labute approximate surface area is 81.5 Å². The van der Waals surface area contributed by atoms with Crippen molar-refractivity contribution >= 4 is 5.91 Å². The van der Waals surface area contributed by atoms with E-state index in [0.717, 1.165) is 13.0 Å². The second kappa shape index (κ2) is 11.4. The quantitative estimate of drug-likeness (QED) is 0.689. The highest BCUT2D eigenvalue weighted by molar-refractivity contribution is 5.78. The van der Waals surface area contributed by atoms with Crippen molar-refractivity contribution in [2.45, 2.75) is 40.5 Å². The molecular formula is C10H23NO2. The molecule has 1 unspecified atom stereocenters. The van der Waals surface area contributed by atoms with Crippen LogP contribution in [-0.4, -0.2) is 24.2 Å². The SMILES string of the molecule is CC.CCCNC(=O)C(C)CCO. The van der Waals surface area contributed by atoms with Gasteiger partial charge in [0.2, 0.25) is 5.91 Å². The number of hydrogen-bond acceptors (Lipinski definition) is 2. The van der Waals surface area contributed by atoms with Gasteiger partial charge in [-0.3, -0.25) is 4.79 Å². The molecule has 3 heteroatoms. The van der Waals surface area contributed by atoms with E-state index in [0.29, 0.717) is 6.42 Å². The van der Waals surface area contributed by atoms with Gasteiger partial charge in [-0.1, -0.05) is 27.7 Å². The highest BCUT2D eigenvalue weighted by Gasteiger charge is 2.09. The van der Waals surface area contributed by atoms with Gasteiger partial charge in [0, 0.05) is 19.1 Å². The molecular weight excluding hydrogens is 166 g/mol. The third kappa shape index (κ3) is 9.34. The summed E-state index contributed by atoms with van der Waals surface area (Å²) in [6.45, 7) is 8.65. The van der Waals surface area contributed by atoms with Crippen LogP contribution in [0, 0.1) is 5.92 Å². The summed E-state index contributed by atoms with van der Waals surface area (Å²) in [5, 5.41) is 11.3. The largest absolute Gasteiger partial charge is 0.396 e. The van der Waals surface area contributed by atoms with Crippen molar-refractivity contribution in [3.05, 3.63) is 0 Å². The Morgan fingerprint density at radius 2 is 2.00 bits per heavy atom. The molecule has 0 radical (unpaired) electrons. The van der Waals surface area contributed by atoms with Gasteiger partial charge in [-0.05, 0) is 12.8 Å². The molecule has 0 fully saturated rings. The van der Waals surface area contributed by atoms with Crippen LogP contribution in [0.2, 0.25) is 0 Å². The van der Waals surface area contributed by atoms with Crippen molar-refractivity contribution < 1.29 is 9.90 Å². The summed E-state index contributed by atoms with van der Waals surface area (Å²) in [5.41, 5.74) is 0. The predicted molar refractivity (Wildman–Crippen MR) is 55.5 cm³/mol. The van der Waals surface area contributed by atoms with E-state index < -0.39 is 0 Å². The number of rotatable bonds is 5. The topological polar surface area (TPSA) is 49.3 Å². The summed E-state index contributed by atoms with van der Waals surface area (Å²) in [4.78, 5) is 11.1. The van der Waals surface area contributed by atoms with Crippen LogP contribution in [0.15, 0.2) is 0 Å². The van der Waals surface area contributed by atoms with Crippen molar-refractivity contribution in [2.75, 3.05) is 13.2 Å². The summed E-state index contributed by atoms with van der Waals surface area (Å²) in [7, 11) is 0. The Kier molecular flexibility index (Phi) is 13.1. The lowest BCUT2D eigenvalue weighted by molar-refractivity contribution is -0.124. The lowest BCUT2D eigenvalue weighted by atomic mass is 10.1. The molecule has 0 aromatic rings. The van der Waals surface area contributed by atoms with Crippen molar-refractivity contribution in [1.82, 2.24) is 5.32 Å². The van der Waals surface area contributed by atoms with Gasteiger partial charge in [-0.15, -0.1) is 0 Å². The Morgan fingerprint density at radius 3 is 2.38 bits per heavy atom. The molecule has 3 nitrogen and oxygen atoms in total. The van der Waals surface area contributed by atoms with Crippen molar-refractivity contribution in [3.63, 3.8) is 0 Å². The Balaban J connectivity index is 0. The minimum absolute atomic E-state index is 0.0425. The monoisotopic (exact) mass is 189 g/mol. The van der Waals surface area contributed by atoms with Crippen LogP contribution >= 0.6 is 0 Å². The molecule has 0 saturated heterocycles. The zero-order valence-corrected chi connectivity index (χ0v) is 9.26. The first-order chi connectivity index (χ1) is 6.22. The predicted octanol–water partition coefficient (Wildman–Crippen LogP) is 1.56. The molecule has 13 heavy (non-hydrogen) atoms. The van der Waals surface area contributed by atoms with Crippen LogP contribution in [0.3, 0.4) is 0 Å². The number of aliphatic hydroxyl groups is 1. The van der Waals surface area contributed by atoms with E-state index in [4.69, 9.17) is 5.11 Å². The molecule has 0 aliphatic heterocycles. The normalized spacial score (nSPS) is 11.2. The zero-order chi connectivity index (χ0) is 10.7. The molecule has 0 spiro atoms. The van der Waals surface area contributed by atoms with Crippen LogP contribution in [0.5, 0.6) is 0 Å². The molecule has 0 aliphatic rings. The molecule has 1 amide bonds. The maximum absolute atomic E-state index is 11.1. The highest BCUT2D eigenvalue weighted by atomic mass is 16.3. The van der Waals surface area contributed by atoms with E-state index in [-0.39, 0.29) is 18.4 Å². The average Bonchev–Trinajstić information content (AvgIpc) is 2.17. The molecule has 2 N–H and O–H groups in total. The molecule has 0 heterocycles. The second-order valence-electron chi connectivity index (χ2n) is 2.70. The van der Waals surface area contributed by atoms with Crippen LogP contribution < -0.4 is 5.32 Å². The van der Waals surface area contributed by atoms with E-state index in [9.17, 15) is 4.79 Å². The van der Waals surface area contributed by atoms with Crippen LogP contribution in [-0.2, 0) is 4.79 Å². The zero-order valence-electron chi connectivity index (χ0n) is 9.26. The Bertz CT molecular complexity index is 115. The number of nitrogens with one attached hydrogen (secondary N) is 1. The van der Waals surface area contributed by atoms with Gasteiger partial charge in [-0.25, -0.2) is 0 Å². The average molecular weight is 189 g/mol. The van der Waals surface area contributed by atoms with Crippen LogP contribution in [0.4, 0.5) is 0 Å². The molecule has 1 atom stereocenters. The summed E-state index contributed by atoms with van der Waals surface area (Å²) >= 11 is 0. The number of hydrogen-bond donors (Lipinski definition) is 2. The maximum Gasteiger partial charge on any atom is 0.222 e. The molecule has 80 valence electrons. The number of carbonyl (C=O) groups is 1. The van der Waals surface area contributed by atoms with Crippen LogP contribution in [0.1, 0.15) is 40.5 Å². The van der Waals surface area contributed by atoms with E-state index >= 15 is 0 Å². The lowest BCUT2D eigenvalue weighted by Gasteiger charge is -2.09. The first kappa shape index (κ1) is 14.9. The van der Waals surface area contributed by atoms with E-state index in [2.05, 4.69) is 5.32 Å². The molecule has 0 aromatic heterocycles. The lowest BCUT2D eigenvalue weighted by Crippen LogP contribution is -2.30. The Morgan fingerprint density at radius 1 is 1.46 bits per heavy atom. The fourth-order valence-corrected chi connectivity index (χ4v) is 0.747. The summed E-state index contributed by atoms with van der Waals surface area (Å²) in [6.07, 6.45) is 1.51. The molecule has 0 rings (SSSR count). The van der Waals surface area contributed by atoms with E-state index in [1.165, 1.54) is 0 Å². The highest BCUT2D eigenvalue weighted by Crippen LogP contribution is 1.99. The fourth-order valence-electron chi connectivity index (χ4n) is 0.747. The first-order valence-corrected chi connectivity index (χ1v) is 5.11. The standard InChI is InChI=1S/C8H17NO2.C2H6/c1-3-5-9-8(11)7(2)4-6-10;1-2/h7,10H,3-6H2,1-2H3,(H,9,11);1-2H3. The first-order valence-electron chi connectivity index (χ1n) is 5.11. The van der Waals surface area contributed by atoms with Gasteiger partial charge < -0.3 is 10.4 Å². The second-order valence-corrected chi connectivity index (χ2v) is 2.70. The number of amides is 1. The van der Waals surface area contributed by atoms with Gasteiger partial charge in [0.25, 0.3) is 0 Å². The van der Waals surface area contributed by atoms with Gasteiger partial charge in [0.15, 0.2) is 0 Å². The Hall–Kier alpha value is -0.570. The van der Waals surface area contributed by atoms with Crippen LogP contribution in [0.25, 0.3) is 0 Å². The minimum atomic E-state index is -0.0634. The van der Waals surface area contributed by atoms with Crippen molar-refractivity contribution in [3.8, 4) is 0 Å². The van der Waals surface area contributed by atoms with E-state index in [1.54, 1.807) is 0 Å². The molecule has 0 aliphatic carbocycles. The van der Waals surface area contributed by atoms with Gasteiger partial charge in [0.05, 0.1) is 0 Å². The minimum Gasteiger partial charge on any atom is -0.396 e. The molecule has 0 bridgehead atoms. The van der Waals surface area contributed by atoms with E-state index in [1.807, 2.05) is 27.7 Å². The van der Waals surface area contributed by atoms with Gasteiger partial charge in [-0.2, -0.15) is 0 Å². The molecule has 0 saturated carbocycles. The van der Waals surface area contributed by atoms with Crippen molar-refractivity contribution in [2.24, 2.45) is 5.92 Å². The fraction of sp³-hybridized carbons (Fsp3) is 0.900. The van der Waals surface area contributed by atoms with Gasteiger partial charge in [0.1, 0.15) is 0 Å². The molecule has 0 aromatic carbocycles. The summed E-state index contributed by atoms with van der Waals surface area (Å²) in [5.74, 6) is -0.0209. The van der Waals surface area contributed by atoms with Gasteiger partial charge >= 0.3 is 0 Å². The third-order valence-corrected chi connectivity index (χ3v) is 1.56. The maximum atomic E-state index is 11.1. The number of aliphatic hydroxyl groups excluding tert-OH is 1. The third-order valence-electron chi connectivity index (χ3n) is 1.56. The smallest absolute Gasteiger partial charge is 0.222 e.